The minimum atomic E-state index is -0.520. The Hall–Kier alpha value is -1.82. The van der Waals surface area contributed by atoms with E-state index in [4.69, 9.17) is 14.6 Å². The van der Waals surface area contributed by atoms with Gasteiger partial charge in [-0.2, -0.15) is 0 Å². The molecule has 0 amide bonds. The average Bonchev–Trinajstić information content (AvgIpc) is 2.29. The Bertz CT molecular complexity index is 366. The maximum Gasteiger partial charge on any atom is 0.311 e. The largest absolute Gasteiger partial charge is 0.497 e. The highest BCUT2D eigenvalue weighted by Gasteiger charge is 2.15. The number of aliphatic hydroxyl groups excluding tert-OH is 1. The fourth-order valence-corrected chi connectivity index (χ4v) is 1.13. The zero-order valence-corrected chi connectivity index (χ0v) is 8.88. The molecular formula is C10H13NO5. The van der Waals surface area contributed by atoms with Crippen molar-refractivity contribution in [3.63, 3.8) is 0 Å². The van der Waals surface area contributed by atoms with E-state index in [1.807, 2.05) is 0 Å². The highest BCUT2D eigenvalue weighted by atomic mass is 16.6. The number of benzene rings is 1. The van der Waals surface area contributed by atoms with E-state index in [1.54, 1.807) is 0 Å². The molecule has 0 fully saturated rings. The average molecular weight is 227 g/mol. The Morgan fingerprint density at radius 2 is 2.25 bits per heavy atom. The van der Waals surface area contributed by atoms with Crippen molar-refractivity contribution < 1.29 is 19.5 Å². The molecule has 0 radical (unpaired) electrons. The zero-order valence-electron chi connectivity index (χ0n) is 8.88. The lowest BCUT2D eigenvalue weighted by molar-refractivity contribution is -0.385. The molecule has 0 aromatic heterocycles. The molecule has 1 aromatic carbocycles. The van der Waals surface area contributed by atoms with Crippen LogP contribution in [0, 0.1) is 10.1 Å². The number of aliphatic hydroxyl groups is 1. The van der Waals surface area contributed by atoms with E-state index in [-0.39, 0.29) is 24.7 Å². The van der Waals surface area contributed by atoms with Gasteiger partial charge in [-0.3, -0.25) is 10.1 Å². The van der Waals surface area contributed by atoms with Gasteiger partial charge in [0.05, 0.1) is 18.6 Å². The molecule has 0 aliphatic rings. The topological polar surface area (TPSA) is 81.8 Å². The molecule has 0 spiro atoms. The van der Waals surface area contributed by atoms with Crippen LogP contribution in [0.15, 0.2) is 18.2 Å². The van der Waals surface area contributed by atoms with Crippen molar-refractivity contribution in [1.29, 1.82) is 0 Å². The van der Waals surface area contributed by atoms with Crippen molar-refractivity contribution in [3.8, 4) is 11.5 Å². The van der Waals surface area contributed by atoms with Gasteiger partial charge in [0, 0.05) is 25.2 Å². The number of ether oxygens (including phenoxy) is 2. The Kier molecular flexibility index (Phi) is 4.53. The summed E-state index contributed by atoms with van der Waals surface area (Å²) in [5.41, 5.74) is -0.112. The number of rotatable bonds is 6. The first kappa shape index (κ1) is 12.3. The summed E-state index contributed by atoms with van der Waals surface area (Å²) in [6, 6.07) is 4.28. The maximum atomic E-state index is 10.7. The van der Waals surface area contributed by atoms with Crippen LogP contribution in [-0.4, -0.2) is 30.4 Å². The summed E-state index contributed by atoms with van der Waals surface area (Å²) in [6.45, 7) is 0.211. The normalized spacial score (nSPS) is 9.88. The molecule has 0 heterocycles. The summed E-state index contributed by atoms with van der Waals surface area (Å²) >= 11 is 0. The number of nitro benzene ring substituents is 1. The van der Waals surface area contributed by atoms with Crippen molar-refractivity contribution in [1.82, 2.24) is 0 Å². The summed E-state index contributed by atoms with van der Waals surface area (Å²) in [6.07, 6.45) is 0.425. The standard InChI is InChI=1S/C10H13NO5/c1-15-8-3-4-9(11(13)14)10(7-8)16-6-2-5-12/h3-4,7,12H,2,5-6H2,1H3. The van der Waals surface area contributed by atoms with Crippen molar-refractivity contribution in [3.05, 3.63) is 28.3 Å². The Labute approximate surface area is 92.6 Å². The van der Waals surface area contributed by atoms with E-state index in [1.165, 1.54) is 25.3 Å². The SMILES string of the molecule is COc1ccc([N+](=O)[O-])c(OCCCO)c1. The van der Waals surface area contributed by atoms with E-state index >= 15 is 0 Å². The molecule has 1 rings (SSSR count). The van der Waals surface area contributed by atoms with Crippen LogP contribution >= 0.6 is 0 Å². The van der Waals surface area contributed by atoms with Gasteiger partial charge in [0.1, 0.15) is 5.75 Å². The summed E-state index contributed by atoms with van der Waals surface area (Å²) in [4.78, 5) is 10.2. The minimum absolute atomic E-state index is 0.0161. The van der Waals surface area contributed by atoms with Crippen LogP contribution in [0.3, 0.4) is 0 Å². The van der Waals surface area contributed by atoms with Crippen LogP contribution in [0.5, 0.6) is 11.5 Å². The van der Waals surface area contributed by atoms with Crippen LogP contribution < -0.4 is 9.47 Å². The lowest BCUT2D eigenvalue weighted by atomic mass is 10.3. The molecule has 0 bridgehead atoms. The Morgan fingerprint density at radius 3 is 2.81 bits per heavy atom. The second-order valence-electron chi connectivity index (χ2n) is 3.02. The second kappa shape index (κ2) is 5.92. The van der Waals surface area contributed by atoms with Gasteiger partial charge in [0.15, 0.2) is 0 Å². The molecule has 16 heavy (non-hydrogen) atoms. The van der Waals surface area contributed by atoms with Crippen molar-refractivity contribution in [2.45, 2.75) is 6.42 Å². The van der Waals surface area contributed by atoms with Gasteiger partial charge < -0.3 is 14.6 Å². The zero-order chi connectivity index (χ0) is 12.0. The molecule has 0 aliphatic carbocycles. The summed E-state index contributed by atoms with van der Waals surface area (Å²) < 4.78 is 10.1. The molecule has 1 N–H and O–H groups in total. The smallest absolute Gasteiger partial charge is 0.311 e. The first-order chi connectivity index (χ1) is 7.69. The molecule has 0 saturated carbocycles. The molecule has 1 aromatic rings. The molecule has 6 heteroatoms. The highest BCUT2D eigenvalue weighted by molar-refractivity contribution is 5.50. The van der Waals surface area contributed by atoms with Gasteiger partial charge in [-0.1, -0.05) is 0 Å². The van der Waals surface area contributed by atoms with Crippen LogP contribution in [-0.2, 0) is 0 Å². The van der Waals surface area contributed by atoms with Crippen molar-refractivity contribution in [2.24, 2.45) is 0 Å². The number of nitro groups is 1. The third-order valence-electron chi connectivity index (χ3n) is 1.92. The molecule has 0 aliphatic heterocycles. The third kappa shape index (κ3) is 3.09. The van der Waals surface area contributed by atoms with Crippen LogP contribution in [0.4, 0.5) is 5.69 Å². The lowest BCUT2D eigenvalue weighted by Gasteiger charge is -2.07. The van der Waals surface area contributed by atoms with E-state index in [0.717, 1.165) is 0 Å². The summed E-state index contributed by atoms with van der Waals surface area (Å²) in [7, 11) is 1.47. The van der Waals surface area contributed by atoms with Crippen LogP contribution in [0.25, 0.3) is 0 Å². The minimum Gasteiger partial charge on any atom is -0.497 e. The molecule has 88 valence electrons. The Morgan fingerprint density at radius 1 is 1.50 bits per heavy atom. The van der Waals surface area contributed by atoms with Gasteiger partial charge in [0.2, 0.25) is 5.75 Å². The fourth-order valence-electron chi connectivity index (χ4n) is 1.13. The lowest BCUT2D eigenvalue weighted by Crippen LogP contribution is -2.02. The van der Waals surface area contributed by atoms with Crippen molar-refractivity contribution >= 4 is 5.69 Å². The first-order valence-electron chi connectivity index (χ1n) is 4.75. The van der Waals surface area contributed by atoms with E-state index in [2.05, 4.69) is 0 Å². The maximum absolute atomic E-state index is 10.7. The summed E-state index contributed by atoms with van der Waals surface area (Å²) in [5.74, 6) is 0.641. The highest BCUT2D eigenvalue weighted by Crippen LogP contribution is 2.30. The summed E-state index contributed by atoms with van der Waals surface area (Å²) in [5, 5.41) is 19.3. The number of hydrogen-bond acceptors (Lipinski definition) is 5. The van der Waals surface area contributed by atoms with Gasteiger partial charge in [-0.05, 0) is 6.07 Å². The van der Waals surface area contributed by atoms with E-state index in [0.29, 0.717) is 12.2 Å². The van der Waals surface area contributed by atoms with Gasteiger partial charge in [0.25, 0.3) is 0 Å². The fraction of sp³-hybridized carbons (Fsp3) is 0.400. The predicted octanol–water partition coefficient (Wildman–Crippen LogP) is 1.36. The first-order valence-corrected chi connectivity index (χ1v) is 4.75. The number of hydrogen-bond donors (Lipinski definition) is 1. The van der Waals surface area contributed by atoms with Crippen molar-refractivity contribution in [2.75, 3.05) is 20.3 Å². The van der Waals surface area contributed by atoms with Crippen LogP contribution in [0.1, 0.15) is 6.42 Å². The Balaban J connectivity index is 2.87. The van der Waals surface area contributed by atoms with E-state index in [9.17, 15) is 10.1 Å². The predicted molar refractivity (Wildman–Crippen MR) is 56.8 cm³/mol. The number of methoxy groups -OCH3 is 1. The molecule has 6 nitrogen and oxygen atoms in total. The molecule has 0 saturated heterocycles. The third-order valence-corrected chi connectivity index (χ3v) is 1.92. The molecule has 0 atom stereocenters. The van der Waals surface area contributed by atoms with Crippen LogP contribution in [0.2, 0.25) is 0 Å². The van der Waals surface area contributed by atoms with Gasteiger partial charge >= 0.3 is 5.69 Å². The van der Waals surface area contributed by atoms with Gasteiger partial charge in [-0.25, -0.2) is 0 Å². The molecule has 0 unspecified atom stereocenters. The van der Waals surface area contributed by atoms with E-state index < -0.39 is 4.92 Å². The van der Waals surface area contributed by atoms with Gasteiger partial charge in [-0.15, -0.1) is 0 Å². The number of nitrogens with zero attached hydrogens (tertiary/aromatic N) is 1. The quantitative estimate of drug-likeness (QED) is 0.451. The second-order valence-corrected chi connectivity index (χ2v) is 3.02. The molecular weight excluding hydrogens is 214 g/mol. The monoisotopic (exact) mass is 227 g/mol.